The number of carbonyl (C=O) groups excluding carboxylic acids is 2. The Kier molecular flexibility index (Phi) is 7.45. The van der Waals surface area contributed by atoms with E-state index >= 15 is 0 Å². The van der Waals surface area contributed by atoms with Crippen LogP contribution in [-0.4, -0.2) is 35.7 Å². The molecule has 0 aromatic heterocycles. The molecule has 0 radical (unpaired) electrons. The SMILES string of the molecule is Cc1ccccc1CNC(=O)C(CCC(=O)O)NC(=O)OCC1c2ccccc2-c2ccccc21. The zero-order valence-corrected chi connectivity index (χ0v) is 19.5. The van der Waals surface area contributed by atoms with E-state index in [1.54, 1.807) is 0 Å². The molecule has 1 aliphatic carbocycles. The number of aliphatic carboxylic acids is 1. The molecular formula is C28H28N2O5. The fraction of sp³-hybridized carbons (Fsp3) is 0.250. The van der Waals surface area contributed by atoms with Crippen LogP contribution < -0.4 is 10.6 Å². The molecule has 2 amide bonds. The highest BCUT2D eigenvalue weighted by molar-refractivity contribution is 5.86. The first kappa shape index (κ1) is 24.0. The normalized spacial score (nSPS) is 12.8. The van der Waals surface area contributed by atoms with Crippen LogP contribution in [0.1, 0.15) is 41.0 Å². The molecule has 0 fully saturated rings. The van der Waals surface area contributed by atoms with Crippen LogP contribution in [-0.2, 0) is 20.9 Å². The van der Waals surface area contributed by atoms with Gasteiger partial charge < -0.3 is 20.5 Å². The number of carbonyl (C=O) groups is 3. The molecule has 35 heavy (non-hydrogen) atoms. The molecule has 3 aromatic carbocycles. The molecule has 0 saturated heterocycles. The average molecular weight is 473 g/mol. The topological polar surface area (TPSA) is 105 Å². The summed E-state index contributed by atoms with van der Waals surface area (Å²) in [4.78, 5) is 36.5. The van der Waals surface area contributed by atoms with Crippen LogP contribution in [0.4, 0.5) is 4.79 Å². The summed E-state index contributed by atoms with van der Waals surface area (Å²) in [6, 6.07) is 22.6. The second kappa shape index (κ2) is 10.9. The van der Waals surface area contributed by atoms with Gasteiger partial charge >= 0.3 is 12.1 Å². The number of ether oxygens (including phenoxy) is 1. The van der Waals surface area contributed by atoms with Crippen LogP contribution in [0, 0.1) is 6.92 Å². The van der Waals surface area contributed by atoms with Gasteiger partial charge in [-0.2, -0.15) is 0 Å². The Hall–Kier alpha value is -4.13. The molecule has 4 rings (SSSR count). The van der Waals surface area contributed by atoms with Crippen molar-refractivity contribution in [2.24, 2.45) is 0 Å². The van der Waals surface area contributed by atoms with Gasteiger partial charge in [0.05, 0.1) is 0 Å². The van der Waals surface area contributed by atoms with Crippen LogP contribution in [0.15, 0.2) is 72.8 Å². The first-order valence-electron chi connectivity index (χ1n) is 11.6. The van der Waals surface area contributed by atoms with E-state index in [2.05, 4.69) is 22.8 Å². The van der Waals surface area contributed by atoms with E-state index in [4.69, 9.17) is 9.84 Å². The van der Waals surface area contributed by atoms with Crippen LogP contribution in [0.5, 0.6) is 0 Å². The number of aryl methyl sites for hydroxylation is 1. The Bertz CT molecular complexity index is 1190. The van der Waals surface area contributed by atoms with E-state index < -0.39 is 24.0 Å². The van der Waals surface area contributed by atoms with Crippen LogP contribution in [0.25, 0.3) is 11.1 Å². The first-order valence-corrected chi connectivity index (χ1v) is 11.6. The van der Waals surface area contributed by atoms with Gasteiger partial charge in [0.1, 0.15) is 12.6 Å². The van der Waals surface area contributed by atoms with Crippen molar-refractivity contribution in [2.45, 2.75) is 38.3 Å². The van der Waals surface area contributed by atoms with E-state index in [1.807, 2.05) is 67.6 Å². The fourth-order valence-corrected chi connectivity index (χ4v) is 4.43. The van der Waals surface area contributed by atoms with Gasteiger partial charge in [-0.3, -0.25) is 9.59 Å². The number of carboxylic acids is 1. The quantitative estimate of drug-likeness (QED) is 0.429. The third-order valence-corrected chi connectivity index (χ3v) is 6.31. The second-order valence-electron chi connectivity index (χ2n) is 8.60. The van der Waals surface area contributed by atoms with Gasteiger partial charge in [-0.15, -0.1) is 0 Å². The van der Waals surface area contributed by atoms with Crippen molar-refractivity contribution in [2.75, 3.05) is 6.61 Å². The number of amides is 2. The molecule has 0 spiro atoms. The first-order chi connectivity index (χ1) is 16.9. The Balaban J connectivity index is 1.39. The zero-order valence-electron chi connectivity index (χ0n) is 19.5. The molecule has 180 valence electrons. The molecule has 0 bridgehead atoms. The number of alkyl carbamates (subject to hydrolysis) is 1. The van der Waals surface area contributed by atoms with E-state index in [0.717, 1.165) is 33.4 Å². The van der Waals surface area contributed by atoms with E-state index in [0.29, 0.717) is 0 Å². The summed E-state index contributed by atoms with van der Waals surface area (Å²) in [5.74, 6) is -1.61. The van der Waals surface area contributed by atoms with Gasteiger partial charge in [0, 0.05) is 18.9 Å². The molecule has 0 heterocycles. The van der Waals surface area contributed by atoms with Crippen LogP contribution in [0.2, 0.25) is 0 Å². The monoisotopic (exact) mass is 472 g/mol. The summed E-state index contributed by atoms with van der Waals surface area (Å²) in [5.41, 5.74) is 6.37. The van der Waals surface area contributed by atoms with Crippen molar-refractivity contribution in [1.82, 2.24) is 10.6 Å². The van der Waals surface area contributed by atoms with Crippen molar-refractivity contribution in [1.29, 1.82) is 0 Å². The Morgan fingerprint density at radius 3 is 2.14 bits per heavy atom. The Morgan fingerprint density at radius 1 is 0.914 bits per heavy atom. The summed E-state index contributed by atoms with van der Waals surface area (Å²) >= 11 is 0. The molecule has 7 nitrogen and oxygen atoms in total. The molecule has 7 heteroatoms. The molecular weight excluding hydrogens is 444 g/mol. The van der Waals surface area contributed by atoms with Crippen LogP contribution in [0.3, 0.4) is 0 Å². The average Bonchev–Trinajstić information content (AvgIpc) is 3.18. The lowest BCUT2D eigenvalue weighted by atomic mass is 9.98. The molecule has 1 atom stereocenters. The number of hydrogen-bond donors (Lipinski definition) is 3. The maximum atomic E-state index is 12.8. The van der Waals surface area contributed by atoms with E-state index in [1.165, 1.54) is 0 Å². The minimum Gasteiger partial charge on any atom is -0.481 e. The van der Waals surface area contributed by atoms with Crippen molar-refractivity contribution in [3.8, 4) is 11.1 Å². The molecule has 1 aliphatic rings. The maximum Gasteiger partial charge on any atom is 0.407 e. The summed E-state index contributed by atoms with van der Waals surface area (Å²) in [7, 11) is 0. The van der Waals surface area contributed by atoms with Crippen molar-refractivity contribution in [3.05, 3.63) is 95.1 Å². The number of carboxylic acid groups (broad SMARTS) is 1. The maximum absolute atomic E-state index is 12.8. The Labute approximate surface area is 204 Å². The van der Waals surface area contributed by atoms with Crippen molar-refractivity contribution < 1.29 is 24.2 Å². The standard InChI is InChI=1S/C28H28N2O5/c1-18-8-2-3-9-19(18)16-29-27(33)25(14-15-26(31)32)30-28(34)35-17-24-22-12-6-4-10-20(22)21-11-5-7-13-23(21)24/h2-13,24-25H,14-17H2,1H3,(H,29,33)(H,30,34)(H,31,32). The highest BCUT2D eigenvalue weighted by Crippen LogP contribution is 2.44. The van der Waals surface area contributed by atoms with Gasteiger partial charge in [-0.05, 0) is 46.7 Å². The van der Waals surface area contributed by atoms with Crippen molar-refractivity contribution in [3.63, 3.8) is 0 Å². The minimum atomic E-state index is -1.05. The van der Waals surface area contributed by atoms with E-state index in [-0.39, 0.29) is 31.9 Å². The van der Waals surface area contributed by atoms with Gasteiger partial charge in [0.15, 0.2) is 0 Å². The Morgan fingerprint density at radius 2 is 1.51 bits per heavy atom. The number of benzene rings is 3. The summed E-state index contributed by atoms with van der Waals surface area (Å²) in [6.45, 7) is 2.33. The highest BCUT2D eigenvalue weighted by atomic mass is 16.5. The molecule has 0 aliphatic heterocycles. The summed E-state index contributed by atoms with van der Waals surface area (Å²) in [5, 5.41) is 14.4. The highest BCUT2D eigenvalue weighted by Gasteiger charge is 2.30. The number of rotatable bonds is 9. The molecule has 3 N–H and O–H groups in total. The van der Waals surface area contributed by atoms with E-state index in [9.17, 15) is 14.4 Å². The number of nitrogens with one attached hydrogen (secondary N) is 2. The van der Waals surface area contributed by atoms with Crippen molar-refractivity contribution >= 4 is 18.0 Å². The third-order valence-electron chi connectivity index (χ3n) is 6.31. The lowest BCUT2D eigenvalue weighted by Crippen LogP contribution is -2.47. The zero-order chi connectivity index (χ0) is 24.8. The molecule has 0 saturated carbocycles. The largest absolute Gasteiger partial charge is 0.481 e. The lowest BCUT2D eigenvalue weighted by molar-refractivity contribution is -0.137. The predicted octanol–water partition coefficient (Wildman–Crippen LogP) is 4.38. The molecule has 1 unspecified atom stereocenters. The van der Waals surface area contributed by atoms with Gasteiger partial charge in [-0.25, -0.2) is 4.79 Å². The second-order valence-corrected chi connectivity index (χ2v) is 8.60. The summed E-state index contributed by atoms with van der Waals surface area (Å²) < 4.78 is 5.53. The summed E-state index contributed by atoms with van der Waals surface area (Å²) in [6.07, 6.45) is -1.06. The van der Waals surface area contributed by atoms with Crippen LogP contribution >= 0.6 is 0 Å². The predicted molar refractivity (Wildman–Crippen MR) is 132 cm³/mol. The molecule has 3 aromatic rings. The minimum absolute atomic E-state index is 0.0425. The third kappa shape index (κ3) is 5.69. The number of fused-ring (bicyclic) bond motifs is 3. The fourth-order valence-electron chi connectivity index (χ4n) is 4.43. The van der Waals surface area contributed by atoms with Gasteiger partial charge in [0.25, 0.3) is 0 Å². The smallest absolute Gasteiger partial charge is 0.407 e. The van der Waals surface area contributed by atoms with Gasteiger partial charge in [-0.1, -0.05) is 72.8 Å². The van der Waals surface area contributed by atoms with Gasteiger partial charge in [0.2, 0.25) is 5.91 Å². The lowest BCUT2D eigenvalue weighted by Gasteiger charge is -2.19. The number of hydrogen-bond acceptors (Lipinski definition) is 4.